The molecule has 0 radical (unpaired) electrons. The Morgan fingerprint density at radius 1 is 1.06 bits per heavy atom. The predicted octanol–water partition coefficient (Wildman–Crippen LogP) is 3.12. The molecule has 82 valence electrons. The maximum Gasteiger partial charge on any atom is 0.115 e. The number of rotatable bonds is 4. The number of aromatic hydroxyl groups is 1. The second-order valence-corrected chi connectivity index (χ2v) is 4.58. The highest BCUT2D eigenvalue weighted by Gasteiger charge is 1.96. The molecule has 0 spiro atoms. The monoisotopic (exact) mass is 231 g/mol. The first kappa shape index (κ1) is 11.0. The highest BCUT2D eigenvalue weighted by molar-refractivity contribution is 7.99. The normalized spacial score (nSPS) is 10.2. The van der Waals surface area contributed by atoms with Crippen molar-refractivity contribution in [3.8, 4) is 5.75 Å². The van der Waals surface area contributed by atoms with Crippen LogP contribution < -0.4 is 0 Å². The summed E-state index contributed by atoms with van der Waals surface area (Å²) in [5.41, 5.74) is 1.12. The second kappa shape index (κ2) is 5.56. The van der Waals surface area contributed by atoms with Crippen molar-refractivity contribution in [3.63, 3.8) is 0 Å². The minimum atomic E-state index is 0.314. The molecule has 1 N–H and O–H groups in total. The lowest BCUT2D eigenvalue weighted by Gasteiger charge is -2.01. The Kier molecular flexibility index (Phi) is 3.83. The number of pyridine rings is 1. The van der Waals surface area contributed by atoms with Gasteiger partial charge in [-0.25, -0.2) is 0 Å². The summed E-state index contributed by atoms with van der Waals surface area (Å²) in [5.74, 6) is 1.32. The number of phenols is 1. The van der Waals surface area contributed by atoms with Crippen LogP contribution in [0.5, 0.6) is 5.75 Å². The van der Waals surface area contributed by atoms with Gasteiger partial charge in [0.15, 0.2) is 0 Å². The van der Waals surface area contributed by atoms with E-state index in [4.69, 9.17) is 5.11 Å². The number of hydrogen-bond donors (Lipinski definition) is 1. The van der Waals surface area contributed by atoms with Crippen LogP contribution in [0.25, 0.3) is 0 Å². The molecule has 0 aliphatic carbocycles. The Labute approximate surface area is 99.4 Å². The van der Waals surface area contributed by atoms with Gasteiger partial charge in [0.2, 0.25) is 0 Å². The number of aromatic nitrogens is 1. The van der Waals surface area contributed by atoms with E-state index in [1.54, 1.807) is 23.9 Å². The van der Waals surface area contributed by atoms with E-state index in [9.17, 15) is 0 Å². The number of phenolic OH excluding ortho intramolecular Hbond substituents is 1. The summed E-state index contributed by atoms with van der Waals surface area (Å²) in [6.45, 7) is 0. The molecule has 0 saturated carbocycles. The minimum Gasteiger partial charge on any atom is -0.508 e. The molecule has 2 aromatic rings. The lowest BCUT2D eigenvalue weighted by Crippen LogP contribution is -1.91. The molecule has 0 saturated heterocycles. The largest absolute Gasteiger partial charge is 0.508 e. The van der Waals surface area contributed by atoms with E-state index in [0.717, 1.165) is 17.9 Å². The fourth-order valence-electron chi connectivity index (χ4n) is 1.36. The Morgan fingerprint density at radius 3 is 2.56 bits per heavy atom. The molecule has 16 heavy (non-hydrogen) atoms. The van der Waals surface area contributed by atoms with Gasteiger partial charge in [-0.3, -0.25) is 4.98 Å². The summed E-state index contributed by atoms with van der Waals surface area (Å²) in [6, 6.07) is 13.3. The minimum absolute atomic E-state index is 0.314. The van der Waals surface area contributed by atoms with Gasteiger partial charge in [0.25, 0.3) is 0 Å². The van der Waals surface area contributed by atoms with Gasteiger partial charge < -0.3 is 5.11 Å². The summed E-state index contributed by atoms with van der Waals surface area (Å²) in [6.07, 6.45) is 2.78. The van der Waals surface area contributed by atoms with Crippen molar-refractivity contribution in [1.82, 2.24) is 4.98 Å². The molecule has 2 nitrogen and oxygen atoms in total. The average molecular weight is 231 g/mol. The van der Waals surface area contributed by atoms with Gasteiger partial charge in [-0.1, -0.05) is 6.07 Å². The van der Waals surface area contributed by atoms with Crippen molar-refractivity contribution >= 4 is 11.8 Å². The lowest BCUT2D eigenvalue weighted by molar-refractivity contribution is 0.475. The molecule has 2 rings (SSSR count). The standard InChI is InChI=1S/C13H13NOS/c15-12-4-6-13(7-5-12)16-10-8-11-3-1-2-9-14-11/h1-7,9,15H,8,10H2. The van der Waals surface area contributed by atoms with Crippen LogP contribution in [0.2, 0.25) is 0 Å². The number of hydrogen-bond acceptors (Lipinski definition) is 3. The molecule has 1 aromatic carbocycles. The van der Waals surface area contributed by atoms with Gasteiger partial charge in [-0.15, -0.1) is 11.8 Å². The first-order chi connectivity index (χ1) is 7.84. The Balaban J connectivity index is 1.82. The van der Waals surface area contributed by atoms with Crippen LogP contribution in [0.3, 0.4) is 0 Å². The molecular formula is C13H13NOS. The molecule has 3 heteroatoms. The molecule has 0 aliphatic rings. The van der Waals surface area contributed by atoms with E-state index in [1.807, 2.05) is 36.5 Å². The van der Waals surface area contributed by atoms with Gasteiger partial charge in [-0.2, -0.15) is 0 Å². The van der Waals surface area contributed by atoms with Crippen molar-refractivity contribution in [2.24, 2.45) is 0 Å². The Bertz CT molecular complexity index is 427. The number of aryl methyl sites for hydroxylation is 1. The van der Waals surface area contributed by atoms with Gasteiger partial charge in [0, 0.05) is 22.5 Å². The van der Waals surface area contributed by atoms with Crippen molar-refractivity contribution < 1.29 is 5.11 Å². The summed E-state index contributed by atoms with van der Waals surface area (Å²) in [7, 11) is 0. The van der Waals surface area contributed by atoms with Crippen LogP contribution in [0.15, 0.2) is 53.6 Å². The van der Waals surface area contributed by atoms with Crippen molar-refractivity contribution in [2.75, 3.05) is 5.75 Å². The van der Waals surface area contributed by atoms with Crippen molar-refractivity contribution in [2.45, 2.75) is 11.3 Å². The van der Waals surface area contributed by atoms with E-state index in [-0.39, 0.29) is 0 Å². The molecule has 0 amide bonds. The van der Waals surface area contributed by atoms with Crippen LogP contribution in [0, 0.1) is 0 Å². The van der Waals surface area contributed by atoms with Crippen LogP contribution in [-0.4, -0.2) is 15.8 Å². The van der Waals surface area contributed by atoms with Crippen LogP contribution in [0.1, 0.15) is 5.69 Å². The van der Waals surface area contributed by atoms with E-state index in [0.29, 0.717) is 5.75 Å². The zero-order chi connectivity index (χ0) is 11.2. The molecule has 0 bridgehead atoms. The summed E-state index contributed by atoms with van der Waals surface area (Å²) >= 11 is 1.77. The van der Waals surface area contributed by atoms with Crippen LogP contribution in [0.4, 0.5) is 0 Å². The maximum absolute atomic E-state index is 9.14. The third-order valence-electron chi connectivity index (χ3n) is 2.19. The third-order valence-corrected chi connectivity index (χ3v) is 3.20. The number of benzene rings is 1. The molecule has 1 heterocycles. The zero-order valence-corrected chi connectivity index (χ0v) is 9.65. The smallest absolute Gasteiger partial charge is 0.115 e. The highest BCUT2D eigenvalue weighted by atomic mass is 32.2. The maximum atomic E-state index is 9.14. The van der Waals surface area contributed by atoms with E-state index < -0.39 is 0 Å². The van der Waals surface area contributed by atoms with E-state index in [1.165, 1.54) is 4.90 Å². The SMILES string of the molecule is Oc1ccc(SCCc2ccccn2)cc1. The summed E-state index contributed by atoms with van der Waals surface area (Å²) in [5, 5.41) is 9.14. The summed E-state index contributed by atoms with van der Waals surface area (Å²) < 4.78 is 0. The molecule has 0 unspecified atom stereocenters. The highest BCUT2D eigenvalue weighted by Crippen LogP contribution is 2.21. The van der Waals surface area contributed by atoms with Gasteiger partial charge in [-0.05, 0) is 42.8 Å². The van der Waals surface area contributed by atoms with E-state index >= 15 is 0 Å². The fourth-order valence-corrected chi connectivity index (χ4v) is 2.24. The number of thioether (sulfide) groups is 1. The molecule has 0 atom stereocenters. The first-order valence-electron chi connectivity index (χ1n) is 5.16. The lowest BCUT2D eigenvalue weighted by atomic mass is 10.3. The fraction of sp³-hybridized carbons (Fsp3) is 0.154. The average Bonchev–Trinajstić information content (AvgIpc) is 2.33. The molecule has 0 fully saturated rings. The second-order valence-electron chi connectivity index (χ2n) is 3.41. The van der Waals surface area contributed by atoms with Crippen molar-refractivity contribution in [1.29, 1.82) is 0 Å². The first-order valence-corrected chi connectivity index (χ1v) is 6.15. The van der Waals surface area contributed by atoms with E-state index in [2.05, 4.69) is 4.98 Å². The molecule has 1 aromatic heterocycles. The quantitative estimate of drug-likeness (QED) is 0.821. The van der Waals surface area contributed by atoms with Gasteiger partial charge in [0.05, 0.1) is 0 Å². The van der Waals surface area contributed by atoms with Crippen LogP contribution in [-0.2, 0) is 6.42 Å². The molecule has 0 aliphatic heterocycles. The molecular weight excluding hydrogens is 218 g/mol. The van der Waals surface area contributed by atoms with Crippen molar-refractivity contribution in [3.05, 3.63) is 54.4 Å². The van der Waals surface area contributed by atoms with Gasteiger partial charge >= 0.3 is 0 Å². The number of nitrogens with zero attached hydrogens (tertiary/aromatic N) is 1. The Hall–Kier alpha value is -1.48. The topological polar surface area (TPSA) is 33.1 Å². The summed E-state index contributed by atoms with van der Waals surface area (Å²) in [4.78, 5) is 5.45. The van der Waals surface area contributed by atoms with Crippen LogP contribution >= 0.6 is 11.8 Å². The third kappa shape index (κ3) is 3.28. The predicted molar refractivity (Wildman–Crippen MR) is 66.8 cm³/mol. The Morgan fingerprint density at radius 2 is 1.88 bits per heavy atom. The zero-order valence-electron chi connectivity index (χ0n) is 8.84. The van der Waals surface area contributed by atoms with Gasteiger partial charge in [0.1, 0.15) is 5.75 Å².